The molecular formula is C10H9N2O-. The summed E-state index contributed by atoms with van der Waals surface area (Å²) in [6.07, 6.45) is 1.64. The molecule has 0 bridgehead atoms. The Bertz CT molecular complexity index is 407. The van der Waals surface area contributed by atoms with E-state index in [1.807, 2.05) is 19.1 Å². The summed E-state index contributed by atoms with van der Waals surface area (Å²) < 4.78 is 0. The van der Waals surface area contributed by atoms with Crippen molar-refractivity contribution in [1.29, 1.82) is 0 Å². The molecule has 0 atom stereocenters. The van der Waals surface area contributed by atoms with Crippen molar-refractivity contribution in [2.45, 2.75) is 6.92 Å². The first-order valence-electron chi connectivity index (χ1n) is 4.05. The van der Waals surface area contributed by atoms with Crippen LogP contribution in [0.3, 0.4) is 0 Å². The number of aromatic amines is 1. The quantitative estimate of drug-likeness (QED) is 0.709. The van der Waals surface area contributed by atoms with E-state index >= 15 is 0 Å². The molecule has 13 heavy (non-hydrogen) atoms. The summed E-state index contributed by atoms with van der Waals surface area (Å²) in [5.74, 6) is 0.0230. The number of hydrogen-bond acceptors (Lipinski definition) is 2. The lowest BCUT2D eigenvalue weighted by Gasteiger charge is -2.11. The van der Waals surface area contributed by atoms with Crippen molar-refractivity contribution in [3.05, 3.63) is 36.0 Å². The zero-order chi connectivity index (χ0) is 9.26. The minimum atomic E-state index is 0.0230. The van der Waals surface area contributed by atoms with Crippen molar-refractivity contribution < 1.29 is 5.11 Å². The highest BCUT2D eigenvalue weighted by molar-refractivity contribution is 5.66. The van der Waals surface area contributed by atoms with E-state index in [2.05, 4.69) is 10.2 Å². The predicted octanol–water partition coefficient (Wildman–Crippen LogP) is 1.46. The number of hydrogen-bond donors (Lipinski definition) is 1. The van der Waals surface area contributed by atoms with E-state index < -0.39 is 0 Å². The molecular weight excluding hydrogens is 164 g/mol. The van der Waals surface area contributed by atoms with Crippen molar-refractivity contribution in [2.75, 3.05) is 0 Å². The maximum absolute atomic E-state index is 11.4. The fourth-order valence-corrected chi connectivity index (χ4v) is 1.26. The first-order valence-corrected chi connectivity index (χ1v) is 4.05. The van der Waals surface area contributed by atoms with Crippen molar-refractivity contribution in [2.24, 2.45) is 0 Å². The van der Waals surface area contributed by atoms with E-state index in [1.54, 1.807) is 18.3 Å². The standard InChI is InChI=1S/C10H10N2O/c1-7-2-3-10(13)8(6-7)9-4-5-11-12-9/h2-6,13H,1H3,(H,11,12)/p-1. The molecule has 2 aromatic rings. The number of aromatic nitrogens is 2. The van der Waals surface area contributed by atoms with Crippen molar-refractivity contribution >= 4 is 0 Å². The van der Waals surface area contributed by atoms with Gasteiger partial charge in [-0.3, -0.25) is 5.10 Å². The summed E-state index contributed by atoms with van der Waals surface area (Å²) in [4.78, 5) is 0. The smallest absolute Gasteiger partial charge is 0.0644 e. The molecule has 1 aromatic carbocycles. The highest BCUT2D eigenvalue weighted by Gasteiger charge is 1.99. The van der Waals surface area contributed by atoms with Crippen LogP contribution < -0.4 is 5.11 Å². The predicted molar refractivity (Wildman–Crippen MR) is 48.2 cm³/mol. The van der Waals surface area contributed by atoms with Crippen LogP contribution in [0.2, 0.25) is 0 Å². The van der Waals surface area contributed by atoms with Crippen LogP contribution in [0.25, 0.3) is 11.3 Å². The van der Waals surface area contributed by atoms with Gasteiger partial charge in [0.1, 0.15) is 0 Å². The van der Waals surface area contributed by atoms with Crippen LogP contribution in [0.4, 0.5) is 0 Å². The van der Waals surface area contributed by atoms with Gasteiger partial charge >= 0.3 is 0 Å². The minimum Gasteiger partial charge on any atom is -0.872 e. The number of nitrogens with one attached hydrogen (secondary N) is 1. The molecule has 0 aliphatic carbocycles. The molecule has 3 nitrogen and oxygen atoms in total. The summed E-state index contributed by atoms with van der Waals surface area (Å²) in [6, 6.07) is 7.03. The average Bonchev–Trinajstić information content (AvgIpc) is 2.61. The van der Waals surface area contributed by atoms with Crippen molar-refractivity contribution in [3.8, 4) is 17.0 Å². The van der Waals surface area contributed by atoms with Gasteiger partial charge in [-0.05, 0) is 18.6 Å². The normalized spacial score (nSPS) is 10.2. The van der Waals surface area contributed by atoms with Gasteiger partial charge in [0.15, 0.2) is 0 Å². The van der Waals surface area contributed by atoms with Gasteiger partial charge in [-0.1, -0.05) is 29.5 Å². The monoisotopic (exact) mass is 173 g/mol. The Labute approximate surface area is 76.0 Å². The van der Waals surface area contributed by atoms with Crippen molar-refractivity contribution in [1.82, 2.24) is 10.2 Å². The van der Waals surface area contributed by atoms with E-state index in [9.17, 15) is 5.11 Å². The van der Waals surface area contributed by atoms with Crippen LogP contribution in [-0.4, -0.2) is 10.2 Å². The van der Waals surface area contributed by atoms with Crippen LogP contribution in [0, 0.1) is 6.92 Å². The molecule has 2 rings (SSSR count). The molecule has 0 amide bonds. The van der Waals surface area contributed by atoms with E-state index in [0.29, 0.717) is 5.56 Å². The SMILES string of the molecule is Cc1ccc([O-])c(-c2ccn[nH]2)c1. The van der Waals surface area contributed by atoms with E-state index in [0.717, 1.165) is 11.3 Å². The Hall–Kier alpha value is -1.77. The molecule has 3 heteroatoms. The van der Waals surface area contributed by atoms with Crippen LogP contribution in [0.15, 0.2) is 30.5 Å². The summed E-state index contributed by atoms with van der Waals surface area (Å²) in [5.41, 5.74) is 2.52. The molecule has 66 valence electrons. The third-order valence-electron chi connectivity index (χ3n) is 1.93. The van der Waals surface area contributed by atoms with E-state index in [-0.39, 0.29) is 5.75 Å². The topological polar surface area (TPSA) is 51.7 Å². The molecule has 0 spiro atoms. The lowest BCUT2D eigenvalue weighted by atomic mass is 10.1. The van der Waals surface area contributed by atoms with E-state index in [1.165, 1.54) is 0 Å². The fraction of sp³-hybridized carbons (Fsp3) is 0.100. The third-order valence-corrected chi connectivity index (χ3v) is 1.93. The lowest BCUT2D eigenvalue weighted by molar-refractivity contribution is -0.267. The molecule has 0 radical (unpaired) electrons. The number of rotatable bonds is 1. The Balaban J connectivity index is 2.57. The molecule has 1 aromatic heterocycles. The zero-order valence-corrected chi connectivity index (χ0v) is 7.24. The number of benzene rings is 1. The average molecular weight is 173 g/mol. The molecule has 0 saturated heterocycles. The van der Waals surface area contributed by atoms with Gasteiger partial charge in [0.2, 0.25) is 0 Å². The summed E-state index contributed by atoms with van der Waals surface area (Å²) in [7, 11) is 0. The number of nitrogens with zero attached hydrogens (tertiary/aromatic N) is 1. The summed E-state index contributed by atoms with van der Waals surface area (Å²) in [6.45, 7) is 1.96. The number of aryl methyl sites for hydroxylation is 1. The molecule has 0 saturated carbocycles. The fourth-order valence-electron chi connectivity index (χ4n) is 1.26. The summed E-state index contributed by atoms with van der Waals surface area (Å²) in [5, 5.41) is 18.0. The first kappa shape index (κ1) is 7.86. The molecule has 0 aliphatic rings. The maximum atomic E-state index is 11.4. The van der Waals surface area contributed by atoms with Crippen molar-refractivity contribution in [3.63, 3.8) is 0 Å². The van der Waals surface area contributed by atoms with Gasteiger partial charge in [-0.15, -0.1) is 0 Å². The largest absolute Gasteiger partial charge is 0.872 e. The summed E-state index contributed by atoms with van der Waals surface area (Å²) >= 11 is 0. The van der Waals surface area contributed by atoms with Gasteiger partial charge in [-0.2, -0.15) is 5.10 Å². The molecule has 0 unspecified atom stereocenters. The second kappa shape index (κ2) is 2.94. The Kier molecular flexibility index (Phi) is 1.77. The van der Waals surface area contributed by atoms with Gasteiger partial charge in [0, 0.05) is 6.20 Å². The van der Waals surface area contributed by atoms with E-state index in [4.69, 9.17) is 0 Å². The second-order valence-electron chi connectivity index (χ2n) is 2.97. The van der Waals surface area contributed by atoms with Gasteiger partial charge in [-0.25, -0.2) is 0 Å². The highest BCUT2D eigenvalue weighted by atomic mass is 16.3. The minimum absolute atomic E-state index is 0.0230. The maximum Gasteiger partial charge on any atom is 0.0644 e. The van der Waals surface area contributed by atoms with Crippen LogP contribution in [0.5, 0.6) is 5.75 Å². The van der Waals surface area contributed by atoms with Gasteiger partial charge in [0.25, 0.3) is 0 Å². The first-order chi connectivity index (χ1) is 6.27. The van der Waals surface area contributed by atoms with Crippen LogP contribution >= 0.6 is 0 Å². The van der Waals surface area contributed by atoms with Gasteiger partial charge < -0.3 is 5.11 Å². The molecule has 0 fully saturated rings. The Morgan fingerprint density at radius 2 is 2.15 bits per heavy atom. The zero-order valence-electron chi connectivity index (χ0n) is 7.24. The second-order valence-corrected chi connectivity index (χ2v) is 2.97. The van der Waals surface area contributed by atoms with Gasteiger partial charge in [0.05, 0.1) is 5.69 Å². The number of H-pyrrole nitrogens is 1. The van der Waals surface area contributed by atoms with Crippen LogP contribution in [-0.2, 0) is 0 Å². The lowest BCUT2D eigenvalue weighted by Crippen LogP contribution is -1.93. The molecule has 0 aliphatic heterocycles. The van der Waals surface area contributed by atoms with Crippen LogP contribution in [0.1, 0.15) is 5.56 Å². The third kappa shape index (κ3) is 1.40. The Morgan fingerprint density at radius 1 is 1.31 bits per heavy atom. The Morgan fingerprint density at radius 3 is 2.85 bits per heavy atom. The molecule has 1 heterocycles. The molecule has 1 N–H and O–H groups in total. The highest BCUT2D eigenvalue weighted by Crippen LogP contribution is 2.25.